The molecular weight excluding hydrogens is 206 g/mol. The molecule has 0 spiro atoms. The van der Waals surface area contributed by atoms with Crippen molar-refractivity contribution in [2.45, 2.75) is 63.8 Å². The lowest BCUT2D eigenvalue weighted by molar-refractivity contribution is -0.101. The lowest BCUT2D eigenvalue weighted by Crippen LogP contribution is -2.63. The summed E-state index contributed by atoms with van der Waals surface area (Å²) in [7, 11) is 0. The molecule has 1 fully saturated rings. The van der Waals surface area contributed by atoms with Crippen LogP contribution in [0.1, 0.15) is 40.5 Å². The molecule has 1 heterocycles. The van der Waals surface area contributed by atoms with Crippen LogP contribution < -0.4 is 0 Å². The van der Waals surface area contributed by atoms with Crippen molar-refractivity contribution >= 4 is 0 Å². The maximum absolute atomic E-state index is 9.85. The summed E-state index contributed by atoms with van der Waals surface area (Å²) in [4.78, 5) is 2.19. The SMILES string of the molecule is CC1(C)CC(O)CC(C)(C)N1CC(O)CO. The van der Waals surface area contributed by atoms with E-state index in [-0.39, 0.29) is 23.8 Å². The van der Waals surface area contributed by atoms with Crippen molar-refractivity contribution in [2.75, 3.05) is 13.2 Å². The number of rotatable bonds is 3. The van der Waals surface area contributed by atoms with Crippen molar-refractivity contribution in [1.29, 1.82) is 0 Å². The Bertz CT molecular complexity index is 222. The van der Waals surface area contributed by atoms with Crippen molar-refractivity contribution in [3.63, 3.8) is 0 Å². The monoisotopic (exact) mass is 231 g/mol. The zero-order valence-electron chi connectivity index (χ0n) is 10.8. The molecule has 0 bridgehead atoms. The molecule has 3 N–H and O–H groups in total. The van der Waals surface area contributed by atoms with E-state index in [0.29, 0.717) is 19.4 Å². The lowest BCUT2D eigenvalue weighted by atomic mass is 9.78. The first-order chi connectivity index (χ1) is 7.19. The second-order valence-corrected chi connectivity index (χ2v) is 6.13. The highest BCUT2D eigenvalue weighted by Gasteiger charge is 2.45. The van der Waals surface area contributed by atoms with Gasteiger partial charge < -0.3 is 15.3 Å². The fourth-order valence-corrected chi connectivity index (χ4v) is 3.03. The van der Waals surface area contributed by atoms with Gasteiger partial charge in [0.05, 0.1) is 18.8 Å². The number of likely N-dealkylation sites (tertiary alicyclic amines) is 1. The zero-order valence-corrected chi connectivity index (χ0v) is 10.8. The fraction of sp³-hybridized carbons (Fsp3) is 1.00. The Balaban J connectivity index is 2.84. The van der Waals surface area contributed by atoms with Crippen LogP contribution in [0.3, 0.4) is 0 Å². The first kappa shape index (κ1) is 13.9. The van der Waals surface area contributed by atoms with E-state index >= 15 is 0 Å². The van der Waals surface area contributed by atoms with Crippen molar-refractivity contribution in [3.05, 3.63) is 0 Å². The van der Waals surface area contributed by atoms with Crippen molar-refractivity contribution < 1.29 is 15.3 Å². The molecular formula is C12H25NO3. The average Bonchev–Trinajstić information content (AvgIpc) is 2.08. The third-order valence-corrected chi connectivity index (χ3v) is 3.54. The van der Waals surface area contributed by atoms with E-state index in [1.807, 2.05) is 0 Å². The molecule has 0 aromatic carbocycles. The molecule has 0 aromatic heterocycles. The highest BCUT2D eigenvalue weighted by Crippen LogP contribution is 2.38. The van der Waals surface area contributed by atoms with E-state index in [1.165, 1.54) is 0 Å². The van der Waals surface area contributed by atoms with Crippen LogP contribution in [0, 0.1) is 0 Å². The Morgan fingerprint density at radius 3 is 2.00 bits per heavy atom. The second-order valence-electron chi connectivity index (χ2n) is 6.13. The molecule has 0 amide bonds. The quantitative estimate of drug-likeness (QED) is 0.656. The summed E-state index contributed by atoms with van der Waals surface area (Å²) in [6.45, 7) is 8.51. The van der Waals surface area contributed by atoms with Gasteiger partial charge in [0.1, 0.15) is 0 Å². The molecule has 0 aliphatic carbocycles. The average molecular weight is 231 g/mol. The Kier molecular flexibility index (Phi) is 4.00. The van der Waals surface area contributed by atoms with Crippen molar-refractivity contribution in [2.24, 2.45) is 0 Å². The van der Waals surface area contributed by atoms with Crippen LogP contribution in [-0.4, -0.2) is 56.7 Å². The minimum atomic E-state index is -0.714. The predicted molar refractivity (Wildman–Crippen MR) is 63.2 cm³/mol. The summed E-state index contributed by atoms with van der Waals surface area (Å²) < 4.78 is 0. The molecule has 1 aliphatic heterocycles. The van der Waals surface area contributed by atoms with Crippen LogP contribution in [0.4, 0.5) is 0 Å². The lowest BCUT2D eigenvalue weighted by Gasteiger charge is -2.54. The summed E-state index contributed by atoms with van der Waals surface area (Å²) in [5.74, 6) is 0. The van der Waals surface area contributed by atoms with Crippen LogP contribution in [0.5, 0.6) is 0 Å². The van der Waals surface area contributed by atoms with Crippen molar-refractivity contribution in [1.82, 2.24) is 4.90 Å². The molecule has 1 saturated heterocycles. The highest BCUT2D eigenvalue weighted by atomic mass is 16.3. The molecule has 4 nitrogen and oxygen atoms in total. The van der Waals surface area contributed by atoms with E-state index in [0.717, 1.165) is 0 Å². The number of hydrogen-bond acceptors (Lipinski definition) is 4. The van der Waals surface area contributed by atoms with Gasteiger partial charge in [-0.25, -0.2) is 0 Å². The van der Waals surface area contributed by atoms with Crippen molar-refractivity contribution in [3.8, 4) is 0 Å². The normalized spacial score (nSPS) is 27.9. The van der Waals surface area contributed by atoms with E-state index < -0.39 is 6.10 Å². The van der Waals surface area contributed by atoms with Gasteiger partial charge in [-0.1, -0.05) is 0 Å². The van der Waals surface area contributed by atoms with Gasteiger partial charge in [0.25, 0.3) is 0 Å². The Morgan fingerprint density at radius 1 is 1.19 bits per heavy atom. The standard InChI is InChI=1S/C12H25NO3/c1-11(2)5-9(15)6-12(3,4)13(11)7-10(16)8-14/h9-10,14-16H,5-8H2,1-4H3. The number of nitrogens with zero attached hydrogens (tertiary/aromatic N) is 1. The molecule has 16 heavy (non-hydrogen) atoms. The molecule has 1 aliphatic rings. The van der Waals surface area contributed by atoms with Crippen LogP contribution >= 0.6 is 0 Å². The topological polar surface area (TPSA) is 63.9 Å². The molecule has 1 atom stereocenters. The smallest absolute Gasteiger partial charge is 0.0897 e. The van der Waals surface area contributed by atoms with Gasteiger partial charge in [-0.15, -0.1) is 0 Å². The molecule has 0 radical (unpaired) electrons. The summed E-state index contributed by atoms with van der Waals surface area (Å²) in [6, 6.07) is 0. The third kappa shape index (κ3) is 2.94. The first-order valence-electron chi connectivity index (χ1n) is 5.94. The van der Waals surface area contributed by atoms with Gasteiger partial charge in [-0.05, 0) is 40.5 Å². The zero-order chi connectivity index (χ0) is 12.6. The molecule has 1 unspecified atom stereocenters. The Morgan fingerprint density at radius 2 is 1.62 bits per heavy atom. The van der Waals surface area contributed by atoms with Gasteiger partial charge in [0.15, 0.2) is 0 Å². The van der Waals surface area contributed by atoms with Gasteiger partial charge in [-0.2, -0.15) is 0 Å². The molecule has 4 heteroatoms. The second kappa shape index (κ2) is 4.61. The van der Waals surface area contributed by atoms with E-state index in [9.17, 15) is 10.2 Å². The highest BCUT2D eigenvalue weighted by molar-refractivity contribution is 5.00. The van der Waals surface area contributed by atoms with Crippen LogP contribution in [0.25, 0.3) is 0 Å². The van der Waals surface area contributed by atoms with Crippen LogP contribution in [0.15, 0.2) is 0 Å². The fourth-order valence-electron chi connectivity index (χ4n) is 3.03. The summed E-state index contributed by atoms with van der Waals surface area (Å²) in [5.41, 5.74) is -0.311. The third-order valence-electron chi connectivity index (χ3n) is 3.54. The minimum Gasteiger partial charge on any atom is -0.394 e. The van der Waals surface area contributed by atoms with Crippen LogP contribution in [-0.2, 0) is 0 Å². The summed E-state index contributed by atoms with van der Waals surface area (Å²) in [5, 5.41) is 28.4. The van der Waals surface area contributed by atoms with Gasteiger partial charge >= 0.3 is 0 Å². The number of aliphatic hydroxyl groups excluding tert-OH is 3. The van der Waals surface area contributed by atoms with Gasteiger partial charge in [-0.3, -0.25) is 4.90 Å². The largest absolute Gasteiger partial charge is 0.394 e. The Labute approximate surface area is 97.9 Å². The minimum absolute atomic E-state index is 0.155. The molecule has 1 rings (SSSR count). The maximum atomic E-state index is 9.85. The number of hydrogen-bond donors (Lipinski definition) is 3. The molecule has 0 aromatic rings. The first-order valence-corrected chi connectivity index (χ1v) is 5.94. The maximum Gasteiger partial charge on any atom is 0.0897 e. The molecule has 0 saturated carbocycles. The number of aliphatic hydroxyl groups is 3. The van der Waals surface area contributed by atoms with Crippen LogP contribution in [0.2, 0.25) is 0 Å². The molecule has 96 valence electrons. The number of β-amino-alcohol motifs (C(OH)–C–C–N with tert-alkyl or cyclic N) is 1. The van der Waals surface area contributed by atoms with Gasteiger partial charge in [0.2, 0.25) is 0 Å². The summed E-state index contributed by atoms with van der Waals surface area (Å²) in [6.07, 6.45) is 0.407. The Hall–Kier alpha value is -0.160. The van der Waals surface area contributed by atoms with E-state index in [2.05, 4.69) is 32.6 Å². The predicted octanol–water partition coefficient (Wildman–Crippen LogP) is 0.353. The van der Waals surface area contributed by atoms with E-state index in [1.54, 1.807) is 0 Å². The van der Waals surface area contributed by atoms with E-state index in [4.69, 9.17) is 5.11 Å². The number of piperidine rings is 1. The summed E-state index contributed by atoms with van der Waals surface area (Å²) >= 11 is 0. The van der Waals surface area contributed by atoms with Gasteiger partial charge in [0, 0.05) is 17.6 Å².